The molecule has 21 heavy (non-hydrogen) atoms. The second-order valence-electron chi connectivity index (χ2n) is 5.37. The van der Waals surface area contributed by atoms with E-state index in [1.807, 2.05) is 0 Å². The molecule has 4 rings (SSSR count). The van der Waals surface area contributed by atoms with Gasteiger partial charge in [0.05, 0.1) is 0 Å². The van der Waals surface area contributed by atoms with Gasteiger partial charge < -0.3 is 0 Å². The van der Waals surface area contributed by atoms with Crippen molar-refractivity contribution >= 4 is 22.4 Å². The zero-order valence-corrected chi connectivity index (χ0v) is 11.8. The third kappa shape index (κ3) is 2.09. The Bertz CT molecular complexity index is 861. The number of rotatable bonds is 1. The molecule has 1 aliphatic rings. The summed E-state index contributed by atoms with van der Waals surface area (Å²) in [6.07, 6.45) is 7.78. The van der Waals surface area contributed by atoms with Crippen LogP contribution in [-0.4, -0.2) is 0 Å². The van der Waals surface area contributed by atoms with Crippen LogP contribution in [0, 0.1) is 0 Å². The molecule has 0 atom stereocenters. The van der Waals surface area contributed by atoms with Gasteiger partial charge in [0.25, 0.3) is 0 Å². The van der Waals surface area contributed by atoms with Crippen LogP contribution in [0.5, 0.6) is 0 Å². The lowest BCUT2D eigenvalue weighted by molar-refractivity contribution is 1.42. The lowest BCUT2D eigenvalue weighted by Gasteiger charge is -2.13. The Labute approximate surface area is 125 Å². The molecule has 1 aliphatic carbocycles. The first kappa shape index (κ1) is 12.2. The second-order valence-corrected chi connectivity index (χ2v) is 5.37. The molecule has 0 heteroatoms. The Morgan fingerprint density at radius 3 is 2.43 bits per heavy atom. The molecule has 0 heterocycles. The van der Waals surface area contributed by atoms with Crippen LogP contribution in [0.3, 0.4) is 0 Å². The Morgan fingerprint density at radius 2 is 1.43 bits per heavy atom. The molecule has 0 fully saturated rings. The minimum atomic E-state index is 0.979. The Hall–Kier alpha value is -2.60. The van der Waals surface area contributed by atoms with Crippen molar-refractivity contribution in [3.05, 3.63) is 95.6 Å². The van der Waals surface area contributed by atoms with E-state index < -0.39 is 0 Å². The second kappa shape index (κ2) is 5.06. The standard InChI is InChI=1S/C21H16/c1-4-12-18-16(8-1)9-3-6-14-20(18)21-15-7-11-17-10-2-5-13-19(17)21/h1-5,7-15H,6H2. The summed E-state index contributed by atoms with van der Waals surface area (Å²) in [5.41, 5.74) is 5.29. The summed E-state index contributed by atoms with van der Waals surface area (Å²) in [7, 11) is 0. The zero-order chi connectivity index (χ0) is 14.1. The van der Waals surface area contributed by atoms with Gasteiger partial charge in [-0.1, -0.05) is 85.0 Å². The van der Waals surface area contributed by atoms with Crippen LogP contribution in [-0.2, 0) is 0 Å². The van der Waals surface area contributed by atoms with Crippen LogP contribution in [0.15, 0.2) is 78.9 Å². The zero-order valence-electron chi connectivity index (χ0n) is 11.8. The Balaban J connectivity index is 2.00. The predicted molar refractivity (Wildman–Crippen MR) is 91.1 cm³/mol. The molecule has 3 aromatic carbocycles. The van der Waals surface area contributed by atoms with E-state index in [-0.39, 0.29) is 0 Å². The van der Waals surface area contributed by atoms with Crippen molar-refractivity contribution in [3.8, 4) is 0 Å². The number of hydrogen-bond acceptors (Lipinski definition) is 0. The average Bonchev–Trinajstić information content (AvgIpc) is 2.77. The van der Waals surface area contributed by atoms with Crippen molar-refractivity contribution in [1.29, 1.82) is 0 Å². The molecule has 0 unspecified atom stereocenters. The molecule has 0 saturated heterocycles. The fourth-order valence-electron chi connectivity index (χ4n) is 3.09. The summed E-state index contributed by atoms with van der Waals surface area (Å²) in [5, 5.41) is 2.62. The van der Waals surface area contributed by atoms with E-state index in [1.165, 1.54) is 33.0 Å². The molecule has 0 bridgehead atoms. The summed E-state index contributed by atoms with van der Waals surface area (Å²) in [6, 6.07) is 23.8. The SMILES string of the molecule is C1=Cc2ccccc2C(c2cccc3ccccc23)=CC1. The summed E-state index contributed by atoms with van der Waals surface area (Å²) < 4.78 is 0. The van der Waals surface area contributed by atoms with E-state index in [0.717, 1.165) is 6.42 Å². The van der Waals surface area contributed by atoms with Crippen LogP contribution in [0.1, 0.15) is 23.1 Å². The quantitative estimate of drug-likeness (QED) is 0.532. The first-order valence-corrected chi connectivity index (χ1v) is 7.38. The molecule has 0 amide bonds. The van der Waals surface area contributed by atoms with Gasteiger partial charge in [0, 0.05) is 0 Å². The fraction of sp³-hybridized carbons (Fsp3) is 0.0476. The van der Waals surface area contributed by atoms with Crippen molar-refractivity contribution in [2.24, 2.45) is 0 Å². The van der Waals surface area contributed by atoms with Crippen LogP contribution < -0.4 is 0 Å². The molecule has 0 nitrogen and oxygen atoms in total. The van der Waals surface area contributed by atoms with E-state index in [2.05, 4.69) is 85.0 Å². The normalized spacial score (nSPS) is 13.6. The van der Waals surface area contributed by atoms with Gasteiger partial charge in [-0.3, -0.25) is 0 Å². The summed E-state index contributed by atoms with van der Waals surface area (Å²) >= 11 is 0. The van der Waals surface area contributed by atoms with Gasteiger partial charge in [-0.2, -0.15) is 0 Å². The van der Waals surface area contributed by atoms with E-state index in [4.69, 9.17) is 0 Å². The molecule has 0 radical (unpaired) electrons. The minimum Gasteiger partial charge on any atom is -0.0801 e. The molecule has 0 aromatic heterocycles. The molecule has 0 N–H and O–H groups in total. The lowest BCUT2D eigenvalue weighted by atomic mass is 9.91. The van der Waals surface area contributed by atoms with Gasteiger partial charge in [0.1, 0.15) is 0 Å². The van der Waals surface area contributed by atoms with E-state index in [9.17, 15) is 0 Å². The third-order valence-electron chi connectivity index (χ3n) is 4.09. The van der Waals surface area contributed by atoms with Crippen molar-refractivity contribution in [3.63, 3.8) is 0 Å². The average molecular weight is 268 g/mol. The van der Waals surface area contributed by atoms with Gasteiger partial charge in [-0.05, 0) is 39.5 Å². The summed E-state index contributed by atoms with van der Waals surface area (Å²) in [5.74, 6) is 0. The maximum atomic E-state index is 2.34. The Morgan fingerprint density at radius 1 is 0.667 bits per heavy atom. The highest BCUT2D eigenvalue weighted by Crippen LogP contribution is 2.33. The summed E-state index contributed by atoms with van der Waals surface area (Å²) in [4.78, 5) is 0. The van der Waals surface area contributed by atoms with Crippen molar-refractivity contribution in [2.75, 3.05) is 0 Å². The predicted octanol–water partition coefficient (Wildman–Crippen LogP) is 5.69. The van der Waals surface area contributed by atoms with Gasteiger partial charge in [-0.15, -0.1) is 0 Å². The summed E-state index contributed by atoms with van der Waals surface area (Å²) in [6.45, 7) is 0. The van der Waals surface area contributed by atoms with Crippen molar-refractivity contribution in [2.45, 2.75) is 6.42 Å². The highest BCUT2D eigenvalue weighted by atomic mass is 14.2. The molecular weight excluding hydrogens is 252 g/mol. The van der Waals surface area contributed by atoms with E-state index in [1.54, 1.807) is 0 Å². The van der Waals surface area contributed by atoms with Crippen LogP contribution >= 0.6 is 0 Å². The smallest absolute Gasteiger partial charge is 0.0102 e. The maximum Gasteiger partial charge on any atom is -0.0102 e. The van der Waals surface area contributed by atoms with E-state index >= 15 is 0 Å². The molecular formula is C21H16. The molecule has 0 saturated carbocycles. The van der Waals surface area contributed by atoms with Gasteiger partial charge in [-0.25, -0.2) is 0 Å². The highest BCUT2D eigenvalue weighted by molar-refractivity contribution is 5.99. The van der Waals surface area contributed by atoms with Gasteiger partial charge >= 0.3 is 0 Å². The number of benzene rings is 3. The molecule has 0 spiro atoms. The number of allylic oxidation sites excluding steroid dienone is 2. The fourth-order valence-corrected chi connectivity index (χ4v) is 3.09. The third-order valence-corrected chi connectivity index (χ3v) is 4.09. The van der Waals surface area contributed by atoms with Gasteiger partial charge in [0.15, 0.2) is 0 Å². The largest absolute Gasteiger partial charge is 0.0801 e. The topological polar surface area (TPSA) is 0 Å². The van der Waals surface area contributed by atoms with E-state index in [0.29, 0.717) is 0 Å². The molecule has 3 aromatic rings. The number of fused-ring (bicyclic) bond motifs is 2. The Kier molecular flexibility index (Phi) is 2.93. The molecule has 0 aliphatic heterocycles. The lowest BCUT2D eigenvalue weighted by Crippen LogP contribution is -1.92. The van der Waals surface area contributed by atoms with Gasteiger partial charge in [0.2, 0.25) is 0 Å². The van der Waals surface area contributed by atoms with Crippen molar-refractivity contribution in [1.82, 2.24) is 0 Å². The minimum absolute atomic E-state index is 0.979. The van der Waals surface area contributed by atoms with Crippen LogP contribution in [0.4, 0.5) is 0 Å². The van der Waals surface area contributed by atoms with Crippen molar-refractivity contribution < 1.29 is 0 Å². The first-order valence-electron chi connectivity index (χ1n) is 7.38. The first-order chi connectivity index (χ1) is 10.4. The highest BCUT2D eigenvalue weighted by Gasteiger charge is 2.12. The van der Waals surface area contributed by atoms with Crippen LogP contribution in [0.2, 0.25) is 0 Å². The number of hydrogen-bond donors (Lipinski definition) is 0. The maximum absolute atomic E-state index is 2.34. The monoisotopic (exact) mass is 268 g/mol. The molecule has 100 valence electrons. The van der Waals surface area contributed by atoms with Crippen LogP contribution in [0.25, 0.3) is 22.4 Å².